The molecule has 5 unspecified atom stereocenters. The van der Waals surface area contributed by atoms with Gasteiger partial charge in [-0.25, -0.2) is 13.1 Å². The smallest absolute Gasteiger partial charge is 0.307 e. The van der Waals surface area contributed by atoms with Gasteiger partial charge in [0.05, 0.1) is 22.1 Å². The van der Waals surface area contributed by atoms with E-state index in [-0.39, 0.29) is 24.8 Å². The molecule has 1 aliphatic carbocycles. The number of carboxylic acids is 1. The van der Waals surface area contributed by atoms with Crippen molar-refractivity contribution < 1.29 is 23.1 Å². The highest BCUT2D eigenvalue weighted by Crippen LogP contribution is 2.53. The fourth-order valence-corrected chi connectivity index (χ4v) is 7.38. The van der Waals surface area contributed by atoms with Crippen molar-refractivity contribution in [1.82, 2.24) is 9.62 Å². The number of likely N-dealkylation sites (tertiary alicyclic amines) is 1. The lowest BCUT2D eigenvalue weighted by atomic mass is 9.63. The average molecular weight is 596 g/mol. The monoisotopic (exact) mass is 594 g/mol. The van der Waals surface area contributed by atoms with E-state index in [4.69, 9.17) is 23.2 Å². The summed E-state index contributed by atoms with van der Waals surface area (Å²) >= 11 is 12.6. The number of carboxylic acid groups (broad SMARTS) is 1. The number of rotatable bonds is 10. The molecular formula is C29H36Cl2N2O5S. The Morgan fingerprint density at radius 3 is 2.28 bits per heavy atom. The lowest BCUT2D eigenvalue weighted by Gasteiger charge is -2.53. The zero-order chi connectivity index (χ0) is 28.8. The van der Waals surface area contributed by atoms with Crippen molar-refractivity contribution in [2.24, 2.45) is 11.3 Å². The molecule has 10 heteroatoms. The molecule has 39 heavy (non-hydrogen) atoms. The van der Waals surface area contributed by atoms with Crippen molar-refractivity contribution in [3.8, 4) is 0 Å². The van der Waals surface area contributed by atoms with Crippen molar-refractivity contribution in [3.05, 3.63) is 69.7 Å². The van der Waals surface area contributed by atoms with Gasteiger partial charge in [0.15, 0.2) is 0 Å². The van der Waals surface area contributed by atoms with E-state index in [0.717, 1.165) is 11.1 Å². The van der Waals surface area contributed by atoms with E-state index < -0.39 is 44.2 Å². The van der Waals surface area contributed by atoms with Gasteiger partial charge in [0, 0.05) is 28.5 Å². The van der Waals surface area contributed by atoms with Crippen LogP contribution in [0.5, 0.6) is 0 Å². The molecule has 212 valence electrons. The third-order valence-corrected chi connectivity index (χ3v) is 11.6. The van der Waals surface area contributed by atoms with Gasteiger partial charge >= 0.3 is 5.97 Å². The number of carbonyl (C=O) groups is 2. The predicted molar refractivity (Wildman–Crippen MR) is 153 cm³/mol. The van der Waals surface area contributed by atoms with Crippen molar-refractivity contribution in [3.63, 3.8) is 0 Å². The SMILES string of the molecule is CCC(CNS(=O)(=O)C1(C)CC1)N1C(=O)C(C)(C(C)C(=O)O)CC(c2cccc(Cl)c2)C1c1ccc(Cl)cc1. The second-order valence-electron chi connectivity index (χ2n) is 11.4. The molecule has 1 aliphatic heterocycles. The summed E-state index contributed by atoms with van der Waals surface area (Å²) in [5.74, 6) is -2.64. The lowest BCUT2D eigenvalue weighted by molar-refractivity contribution is -0.166. The number of aliphatic carboxylic acids is 1. The van der Waals surface area contributed by atoms with Gasteiger partial charge in [-0.05, 0) is 74.9 Å². The predicted octanol–water partition coefficient (Wildman–Crippen LogP) is 6.03. The first-order valence-corrected chi connectivity index (χ1v) is 15.5. The summed E-state index contributed by atoms with van der Waals surface area (Å²) in [6.45, 7) is 6.93. The van der Waals surface area contributed by atoms with E-state index in [2.05, 4.69) is 4.72 Å². The Morgan fingerprint density at radius 2 is 1.74 bits per heavy atom. The molecule has 2 fully saturated rings. The molecule has 0 aromatic heterocycles. The molecule has 0 spiro atoms. The zero-order valence-corrected chi connectivity index (χ0v) is 25.0. The number of carbonyl (C=O) groups excluding carboxylic acids is 1. The number of hydrogen-bond acceptors (Lipinski definition) is 4. The molecular weight excluding hydrogens is 559 g/mol. The summed E-state index contributed by atoms with van der Waals surface area (Å²) in [7, 11) is -3.58. The maximum absolute atomic E-state index is 14.5. The van der Waals surface area contributed by atoms with Crippen LogP contribution in [0.4, 0.5) is 0 Å². The van der Waals surface area contributed by atoms with Crippen molar-refractivity contribution in [2.75, 3.05) is 6.54 Å². The molecule has 1 saturated heterocycles. The Labute approximate surface area is 240 Å². The topological polar surface area (TPSA) is 104 Å². The van der Waals surface area contributed by atoms with Gasteiger partial charge in [-0.1, -0.05) is 61.3 Å². The number of piperidine rings is 1. The molecule has 4 rings (SSSR count). The quantitative estimate of drug-likeness (QED) is 0.349. The molecule has 0 bridgehead atoms. The van der Waals surface area contributed by atoms with Gasteiger partial charge < -0.3 is 10.0 Å². The lowest BCUT2D eigenvalue weighted by Crippen LogP contribution is -2.60. The van der Waals surface area contributed by atoms with Crippen LogP contribution in [0.25, 0.3) is 0 Å². The number of halogens is 2. The van der Waals surface area contributed by atoms with Crippen LogP contribution in [0.2, 0.25) is 10.0 Å². The molecule has 1 amide bonds. The maximum atomic E-state index is 14.5. The third-order valence-electron chi connectivity index (χ3n) is 8.84. The van der Waals surface area contributed by atoms with E-state index in [1.54, 1.807) is 43.9 Å². The first-order valence-electron chi connectivity index (χ1n) is 13.3. The third kappa shape index (κ3) is 5.71. The van der Waals surface area contributed by atoms with Gasteiger partial charge in [0.25, 0.3) is 0 Å². The van der Waals surface area contributed by atoms with Gasteiger partial charge in [-0.3, -0.25) is 9.59 Å². The summed E-state index contributed by atoms with van der Waals surface area (Å²) in [5, 5.41) is 11.1. The Morgan fingerprint density at radius 1 is 1.10 bits per heavy atom. The molecule has 1 saturated carbocycles. The molecule has 5 atom stereocenters. The highest BCUT2D eigenvalue weighted by molar-refractivity contribution is 7.91. The zero-order valence-electron chi connectivity index (χ0n) is 22.7. The van der Waals surface area contributed by atoms with Crippen LogP contribution in [0.15, 0.2) is 48.5 Å². The number of amides is 1. The first kappa shape index (κ1) is 29.8. The van der Waals surface area contributed by atoms with Crippen LogP contribution in [0.1, 0.15) is 76.5 Å². The first-order chi connectivity index (χ1) is 18.2. The second-order valence-corrected chi connectivity index (χ2v) is 14.6. The number of nitrogens with zero attached hydrogens (tertiary/aromatic N) is 1. The van der Waals surface area contributed by atoms with Gasteiger partial charge in [0.1, 0.15) is 0 Å². The molecule has 1 heterocycles. The van der Waals surface area contributed by atoms with Crippen LogP contribution in [0.3, 0.4) is 0 Å². The fourth-order valence-electron chi connectivity index (χ4n) is 5.65. The van der Waals surface area contributed by atoms with Crippen LogP contribution in [0, 0.1) is 11.3 Å². The standard InChI is InChI=1S/C29H36Cl2N2O5S/c1-5-23(17-32-39(37,38)28(3)13-14-28)33-25(19-9-11-21(30)12-10-19)24(20-7-6-8-22(31)15-20)16-29(4,27(33)36)18(2)26(34)35/h6-12,15,18,23-25,32H,5,13-14,16-17H2,1-4H3,(H,34,35). The van der Waals surface area contributed by atoms with Gasteiger partial charge in [-0.15, -0.1) is 0 Å². The largest absolute Gasteiger partial charge is 0.481 e. The minimum atomic E-state index is -3.58. The van der Waals surface area contributed by atoms with Crippen LogP contribution >= 0.6 is 23.2 Å². The Hall–Kier alpha value is -2.13. The van der Waals surface area contributed by atoms with Crippen molar-refractivity contribution in [1.29, 1.82) is 0 Å². The number of sulfonamides is 1. The van der Waals surface area contributed by atoms with Gasteiger partial charge in [-0.2, -0.15) is 0 Å². The van der Waals surface area contributed by atoms with Crippen LogP contribution in [-0.4, -0.2) is 47.6 Å². The van der Waals surface area contributed by atoms with E-state index >= 15 is 0 Å². The number of hydrogen-bond donors (Lipinski definition) is 2. The molecule has 2 N–H and O–H groups in total. The molecule has 0 radical (unpaired) electrons. The Bertz CT molecular complexity index is 1350. The number of benzene rings is 2. The Balaban J connectivity index is 1.86. The van der Waals surface area contributed by atoms with E-state index in [1.807, 2.05) is 37.3 Å². The van der Waals surface area contributed by atoms with Crippen molar-refractivity contribution in [2.45, 2.75) is 76.1 Å². The number of nitrogens with one attached hydrogen (secondary N) is 1. The molecule has 2 aromatic rings. The van der Waals surface area contributed by atoms with E-state index in [0.29, 0.717) is 29.3 Å². The maximum Gasteiger partial charge on any atom is 0.307 e. The molecule has 2 aromatic carbocycles. The minimum absolute atomic E-state index is 0.0318. The summed E-state index contributed by atoms with van der Waals surface area (Å²) in [6.07, 6.45) is 1.94. The van der Waals surface area contributed by atoms with Gasteiger partial charge in [0.2, 0.25) is 15.9 Å². The summed E-state index contributed by atoms with van der Waals surface area (Å²) < 4.78 is 28.0. The summed E-state index contributed by atoms with van der Waals surface area (Å²) in [6, 6.07) is 13.7. The van der Waals surface area contributed by atoms with Crippen LogP contribution < -0.4 is 4.72 Å². The minimum Gasteiger partial charge on any atom is -0.481 e. The van der Waals surface area contributed by atoms with Crippen molar-refractivity contribution >= 4 is 45.1 Å². The highest BCUT2D eigenvalue weighted by Gasteiger charge is 2.56. The molecule has 7 nitrogen and oxygen atoms in total. The van der Waals surface area contributed by atoms with Crippen LogP contribution in [-0.2, 0) is 19.6 Å². The highest BCUT2D eigenvalue weighted by atomic mass is 35.5. The average Bonchev–Trinajstić information content (AvgIpc) is 3.65. The van der Waals surface area contributed by atoms with E-state index in [9.17, 15) is 23.1 Å². The Kier molecular flexibility index (Phi) is 8.44. The second kappa shape index (κ2) is 11.0. The summed E-state index contributed by atoms with van der Waals surface area (Å²) in [5.41, 5.74) is 0.471. The fraction of sp³-hybridized carbons (Fsp3) is 0.517. The van der Waals surface area contributed by atoms with E-state index in [1.165, 1.54) is 0 Å². The summed E-state index contributed by atoms with van der Waals surface area (Å²) in [4.78, 5) is 28.4. The normalized spacial score (nSPS) is 26.2. The molecule has 2 aliphatic rings.